The van der Waals surface area contributed by atoms with E-state index in [4.69, 9.17) is 5.73 Å². The van der Waals surface area contributed by atoms with Gasteiger partial charge in [-0.05, 0) is 49.6 Å². The van der Waals surface area contributed by atoms with Crippen molar-refractivity contribution in [1.82, 2.24) is 4.31 Å². The van der Waals surface area contributed by atoms with Crippen LogP contribution < -0.4 is 5.73 Å². The number of benzene rings is 1. The number of nitrogens with zero attached hydrogens (tertiary/aromatic N) is 1. The third-order valence-corrected chi connectivity index (χ3v) is 5.86. The van der Waals surface area contributed by atoms with Crippen LogP contribution in [0.15, 0.2) is 27.6 Å². The van der Waals surface area contributed by atoms with Gasteiger partial charge in [-0.2, -0.15) is 4.31 Å². The van der Waals surface area contributed by atoms with Crippen molar-refractivity contribution in [3.63, 3.8) is 0 Å². The summed E-state index contributed by atoms with van der Waals surface area (Å²) in [7, 11) is -3.37. The first-order valence-electron chi connectivity index (χ1n) is 5.91. The molecule has 1 atom stereocenters. The molecule has 1 aromatic carbocycles. The minimum absolute atomic E-state index is 0. The highest BCUT2D eigenvalue weighted by molar-refractivity contribution is 9.10. The summed E-state index contributed by atoms with van der Waals surface area (Å²) in [5, 5.41) is 0. The molecule has 19 heavy (non-hydrogen) atoms. The minimum Gasteiger partial charge on any atom is -0.330 e. The van der Waals surface area contributed by atoms with Crippen LogP contribution in [0.2, 0.25) is 0 Å². The highest BCUT2D eigenvalue weighted by Crippen LogP contribution is 2.27. The monoisotopic (exact) mass is 368 g/mol. The van der Waals surface area contributed by atoms with Gasteiger partial charge in [0.15, 0.2) is 0 Å². The molecule has 4 nitrogen and oxygen atoms in total. The first-order valence-corrected chi connectivity index (χ1v) is 8.15. The summed E-state index contributed by atoms with van der Waals surface area (Å²) in [6.07, 6.45) is 0.852. The van der Waals surface area contributed by atoms with Crippen molar-refractivity contribution in [2.24, 2.45) is 11.7 Å². The second-order valence-electron chi connectivity index (χ2n) is 4.66. The number of aryl methyl sites for hydroxylation is 1. The molecule has 1 fully saturated rings. The van der Waals surface area contributed by atoms with Crippen molar-refractivity contribution < 1.29 is 8.42 Å². The predicted octanol–water partition coefficient (Wildman–Crippen LogP) is 2.15. The van der Waals surface area contributed by atoms with Gasteiger partial charge >= 0.3 is 0 Å². The van der Waals surface area contributed by atoms with E-state index in [0.717, 1.165) is 16.5 Å². The van der Waals surface area contributed by atoms with Crippen molar-refractivity contribution in [3.8, 4) is 0 Å². The van der Waals surface area contributed by atoms with Gasteiger partial charge in [0.2, 0.25) is 10.0 Å². The van der Waals surface area contributed by atoms with Crippen LogP contribution in [-0.2, 0) is 10.0 Å². The van der Waals surface area contributed by atoms with Crippen molar-refractivity contribution in [3.05, 3.63) is 28.2 Å². The third kappa shape index (κ3) is 3.49. The van der Waals surface area contributed by atoms with Gasteiger partial charge in [-0.25, -0.2) is 8.42 Å². The Morgan fingerprint density at radius 1 is 1.47 bits per heavy atom. The summed E-state index contributed by atoms with van der Waals surface area (Å²) < 4.78 is 27.4. The molecule has 1 aliphatic heterocycles. The van der Waals surface area contributed by atoms with Crippen LogP contribution >= 0.6 is 28.3 Å². The topological polar surface area (TPSA) is 63.4 Å². The van der Waals surface area contributed by atoms with Crippen molar-refractivity contribution >= 4 is 38.4 Å². The lowest BCUT2D eigenvalue weighted by molar-refractivity contribution is 0.458. The molecule has 1 heterocycles. The Morgan fingerprint density at radius 3 is 2.68 bits per heavy atom. The Labute approximate surface area is 128 Å². The molecule has 0 radical (unpaired) electrons. The second-order valence-corrected chi connectivity index (χ2v) is 7.49. The molecule has 1 aromatic rings. The highest BCUT2D eigenvalue weighted by Gasteiger charge is 2.32. The molecule has 108 valence electrons. The van der Waals surface area contributed by atoms with E-state index in [1.807, 2.05) is 13.0 Å². The number of hydrogen-bond acceptors (Lipinski definition) is 3. The standard InChI is InChI=1S/C12H17BrN2O2S.ClH/c1-9-6-11(13)2-3-12(9)18(16,17)15-5-4-10(7-14)8-15;/h2-3,6,10H,4-5,7-8,14H2,1H3;1H. The molecule has 0 aliphatic carbocycles. The van der Waals surface area contributed by atoms with E-state index in [0.29, 0.717) is 24.5 Å². The number of nitrogens with two attached hydrogens (primary N) is 1. The Balaban J connectivity index is 0.00000180. The van der Waals surface area contributed by atoms with Crippen LogP contribution in [0.3, 0.4) is 0 Å². The van der Waals surface area contributed by atoms with Gasteiger partial charge in [0.25, 0.3) is 0 Å². The Morgan fingerprint density at radius 2 is 2.16 bits per heavy atom. The van der Waals surface area contributed by atoms with Gasteiger partial charge in [0.1, 0.15) is 0 Å². The van der Waals surface area contributed by atoms with E-state index >= 15 is 0 Å². The molecular formula is C12H18BrClN2O2S. The zero-order chi connectivity index (χ0) is 13.3. The zero-order valence-electron chi connectivity index (χ0n) is 10.7. The predicted molar refractivity (Wildman–Crippen MR) is 82.0 cm³/mol. The molecule has 0 spiro atoms. The molecule has 0 saturated carbocycles. The summed E-state index contributed by atoms with van der Waals surface area (Å²) in [6, 6.07) is 5.24. The summed E-state index contributed by atoms with van der Waals surface area (Å²) in [6.45, 7) is 3.47. The molecule has 7 heteroatoms. The van der Waals surface area contributed by atoms with Gasteiger partial charge in [-0.1, -0.05) is 15.9 Å². The Kier molecular flexibility index (Phi) is 5.82. The molecule has 1 aliphatic rings. The van der Waals surface area contributed by atoms with Crippen LogP contribution in [0, 0.1) is 12.8 Å². The van der Waals surface area contributed by atoms with Crippen LogP contribution in [-0.4, -0.2) is 32.4 Å². The molecular weight excluding hydrogens is 352 g/mol. The van der Waals surface area contributed by atoms with Crippen molar-refractivity contribution in [2.75, 3.05) is 19.6 Å². The number of hydrogen-bond donors (Lipinski definition) is 1. The third-order valence-electron chi connectivity index (χ3n) is 3.34. The highest BCUT2D eigenvalue weighted by atomic mass is 79.9. The molecule has 1 unspecified atom stereocenters. The van der Waals surface area contributed by atoms with Gasteiger partial charge < -0.3 is 5.73 Å². The number of sulfonamides is 1. The van der Waals surface area contributed by atoms with E-state index in [1.54, 1.807) is 16.4 Å². The lowest BCUT2D eigenvalue weighted by Gasteiger charge is -2.18. The maximum Gasteiger partial charge on any atom is 0.243 e. The summed E-state index contributed by atoms with van der Waals surface area (Å²) >= 11 is 3.34. The molecule has 0 aromatic heterocycles. The SMILES string of the molecule is Cc1cc(Br)ccc1S(=O)(=O)N1CCC(CN)C1.Cl. The Bertz CT molecular complexity index is 551. The fraction of sp³-hybridized carbons (Fsp3) is 0.500. The van der Waals surface area contributed by atoms with E-state index in [-0.39, 0.29) is 18.3 Å². The summed E-state index contributed by atoms with van der Waals surface area (Å²) in [5.74, 6) is 0.288. The van der Waals surface area contributed by atoms with Crippen LogP contribution in [0.4, 0.5) is 0 Å². The maximum atomic E-state index is 12.5. The fourth-order valence-corrected chi connectivity index (χ4v) is 4.46. The van der Waals surface area contributed by atoms with Gasteiger partial charge in [0.05, 0.1) is 4.90 Å². The molecule has 1 saturated heterocycles. The zero-order valence-corrected chi connectivity index (χ0v) is 13.9. The van der Waals surface area contributed by atoms with Crippen molar-refractivity contribution in [2.45, 2.75) is 18.2 Å². The first-order chi connectivity index (χ1) is 8.45. The van der Waals surface area contributed by atoms with Gasteiger partial charge in [-0.15, -0.1) is 12.4 Å². The maximum absolute atomic E-state index is 12.5. The van der Waals surface area contributed by atoms with E-state index in [9.17, 15) is 8.42 Å². The van der Waals surface area contributed by atoms with Crippen molar-refractivity contribution in [1.29, 1.82) is 0 Å². The number of rotatable bonds is 3. The van der Waals surface area contributed by atoms with E-state index in [1.165, 1.54) is 0 Å². The molecule has 0 amide bonds. The molecule has 2 rings (SSSR count). The smallest absolute Gasteiger partial charge is 0.243 e. The lowest BCUT2D eigenvalue weighted by atomic mass is 10.1. The largest absolute Gasteiger partial charge is 0.330 e. The van der Waals surface area contributed by atoms with E-state index in [2.05, 4.69) is 15.9 Å². The van der Waals surface area contributed by atoms with Gasteiger partial charge in [0, 0.05) is 17.6 Å². The summed E-state index contributed by atoms with van der Waals surface area (Å²) in [4.78, 5) is 0.392. The second kappa shape index (κ2) is 6.54. The van der Waals surface area contributed by atoms with Crippen LogP contribution in [0.1, 0.15) is 12.0 Å². The summed E-state index contributed by atoms with van der Waals surface area (Å²) in [5.41, 5.74) is 6.36. The average molecular weight is 370 g/mol. The van der Waals surface area contributed by atoms with Crippen LogP contribution in [0.5, 0.6) is 0 Å². The molecule has 0 bridgehead atoms. The first kappa shape index (κ1) is 16.9. The van der Waals surface area contributed by atoms with Crippen LogP contribution in [0.25, 0.3) is 0 Å². The minimum atomic E-state index is -3.37. The molecule has 2 N–H and O–H groups in total. The normalized spacial score (nSPS) is 20.3. The Hall–Kier alpha value is -0.140. The van der Waals surface area contributed by atoms with E-state index < -0.39 is 10.0 Å². The fourth-order valence-electron chi connectivity index (χ4n) is 2.25. The van der Waals surface area contributed by atoms with Gasteiger partial charge in [-0.3, -0.25) is 0 Å². The number of halogens is 2. The average Bonchev–Trinajstić information content (AvgIpc) is 2.77. The lowest BCUT2D eigenvalue weighted by Crippen LogP contribution is -2.30. The quantitative estimate of drug-likeness (QED) is 0.888.